The van der Waals surface area contributed by atoms with Crippen molar-refractivity contribution in [1.82, 2.24) is 0 Å². The van der Waals surface area contributed by atoms with E-state index in [0.717, 1.165) is 31.3 Å². The second-order valence-electron chi connectivity index (χ2n) is 28.5. The second kappa shape index (κ2) is 36.3. The van der Waals surface area contributed by atoms with Gasteiger partial charge in [-0.15, -0.1) is 0 Å². The molecule has 24 atom stereocenters. The van der Waals surface area contributed by atoms with Crippen molar-refractivity contribution in [2.24, 2.45) is 23.7 Å². The van der Waals surface area contributed by atoms with Crippen LogP contribution in [0.3, 0.4) is 0 Å². The van der Waals surface area contributed by atoms with Gasteiger partial charge in [-0.1, -0.05) is 82.4 Å². The van der Waals surface area contributed by atoms with Gasteiger partial charge in [-0.2, -0.15) is 25.3 Å². The van der Waals surface area contributed by atoms with Gasteiger partial charge < -0.3 is 83.5 Å². The van der Waals surface area contributed by atoms with Crippen LogP contribution in [-0.4, -0.2) is 239 Å². The van der Waals surface area contributed by atoms with Gasteiger partial charge in [-0.25, -0.2) is 17.3 Å². The van der Waals surface area contributed by atoms with Crippen molar-refractivity contribution in [3.63, 3.8) is 0 Å². The zero-order valence-electron chi connectivity index (χ0n) is 58.2. The summed E-state index contributed by atoms with van der Waals surface area (Å²) in [5.74, 6) is -4.24. The topological polar surface area (TPSA) is 470 Å². The lowest BCUT2D eigenvalue weighted by Gasteiger charge is -2.51. The van der Waals surface area contributed by atoms with Crippen molar-refractivity contribution >= 4 is 43.1 Å². The van der Waals surface area contributed by atoms with Gasteiger partial charge in [0.2, 0.25) is 5.79 Å². The van der Waals surface area contributed by atoms with Gasteiger partial charge in [0, 0.05) is 43.9 Å². The molecule has 11 N–H and O–H groups in total. The van der Waals surface area contributed by atoms with Crippen LogP contribution >= 0.6 is 0 Å². The summed E-state index contributed by atoms with van der Waals surface area (Å²) in [6, 6.07) is 0. The summed E-state index contributed by atoms with van der Waals surface area (Å²) >= 11 is 0. The summed E-state index contributed by atoms with van der Waals surface area (Å²) in [4.78, 5) is 25.7. The van der Waals surface area contributed by atoms with Crippen molar-refractivity contribution in [3.8, 4) is 0 Å². The first kappa shape index (κ1) is 84.6. The fourth-order valence-electron chi connectivity index (χ4n) is 14.4. The van der Waals surface area contributed by atoms with Crippen LogP contribution in [0.4, 0.5) is 0 Å². The van der Waals surface area contributed by atoms with Gasteiger partial charge >= 0.3 is 43.1 Å². The van der Waals surface area contributed by atoms with E-state index >= 15 is 0 Å². The molecular formula is C67H106O31S3. The highest BCUT2D eigenvalue weighted by Gasteiger charge is 2.56. The first-order valence-corrected chi connectivity index (χ1v) is 38.7. The third kappa shape index (κ3) is 24.5. The van der Waals surface area contributed by atoms with Crippen LogP contribution in [0.1, 0.15) is 164 Å². The monoisotopic (exact) mass is 1500 g/mol. The molecule has 0 aliphatic carbocycles. The molecule has 7 heterocycles. The lowest BCUT2D eigenvalue weighted by Crippen LogP contribution is -2.60. The molecule has 3 spiro atoms. The van der Waals surface area contributed by atoms with E-state index in [1.165, 1.54) is 19.1 Å². The molecule has 6 saturated heterocycles. The predicted molar refractivity (Wildman–Crippen MR) is 356 cm³/mol. The summed E-state index contributed by atoms with van der Waals surface area (Å²) in [5, 5.41) is 88.3. The molecular weight excluding hydrogens is 1400 g/mol. The minimum atomic E-state index is -5.53. The summed E-state index contributed by atoms with van der Waals surface area (Å²) in [6.45, 7) is 16.7. The first-order valence-electron chi connectivity index (χ1n) is 34.6. The van der Waals surface area contributed by atoms with E-state index in [4.69, 9.17) is 51.7 Å². The van der Waals surface area contributed by atoms with Crippen molar-refractivity contribution < 1.29 is 145 Å². The van der Waals surface area contributed by atoms with Crippen LogP contribution in [-0.2, 0) is 96.0 Å². The molecule has 0 bridgehead atoms. The summed E-state index contributed by atoms with van der Waals surface area (Å²) < 4.78 is 164. The number of esters is 2. The average molecular weight is 1500 g/mol. The Morgan fingerprint density at radius 1 is 0.812 bits per heavy atom. The van der Waals surface area contributed by atoms with Crippen molar-refractivity contribution in [1.29, 1.82) is 0 Å². The molecule has 0 radical (unpaired) electrons. The highest BCUT2D eigenvalue weighted by molar-refractivity contribution is 7.81. The van der Waals surface area contributed by atoms with Gasteiger partial charge in [0.25, 0.3) is 0 Å². The summed E-state index contributed by atoms with van der Waals surface area (Å²) in [6.07, 6.45) is -1.08. The van der Waals surface area contributed by atoms with Gasteiger partial charge in [-0.05, 0) is 127 Å². The number of aliphatic hydroxyl groups excluding tert-OH is 7. The Balaban J connectivity index is 0.795. The van der Waals surface area contributed by atoms with Crippen LogP contribution < -0.4 is 0 Å². The maximum Gasteiger partial charge on any atom is 0.397 e. The minimum absolute atomic E-state index is 0.00795. The van der Waals surface area contributed by atoms with Crippen LogP contribution in [0.2, 0.25) is 0 Å². The van der Waals surface area contributed by atoms with Crippen LogP contribution in [0, 0.1) is 23.7 Å². The Hall–Kier alpha value is -3.61. The number of allylic oxidation sites excluding steroid dienone is 3. The number of carbonyl (C=O) groups excluding carboxylic acids is 2. The van der Waals surface area contributed by atoms with Crippen molar-refractivity contribution in [3.05, 3.63) is 71.9 Å². The second-order valence-corrected chi connectivity index (χ2v) is 31.7. The molecule has 101 heavy (non-hydrogen) atoms. The normalized spacial score (nSPS) is 34.3. The van der Waals surface area contributed by atoms with Crippen LogP contribution in [0.5, 0.6) is 0 Å². The number of ether oxygens (including phenoxy) is 9. The fraction of sp³-hybridized carbons (Fsp3) is 0.791. The third-order valence-electron chi connectivity index (χ3n) is 19.9. The fourth-order valence-corrected chi connectivity index (χ4v) is 15.7. The molecule has 6 fully saturated rings. The number of fused-ring (bicyclic) bond motifs is 1. The molecule has 578 valence electrons. The van der Waals surface area contributed by atoms with Crippen LogP contribution in [0.15, 0.2) is 71.9 Å². The van der Waals surface area contributed by atoms with Gasteiger partial charge in [0.15, 0.2) is 17.2 Å². The third-order valence-corrected chi connectivity index (χ3v) is 21.3. The first-order chi connectivity index (χ1) is 47.1. The summed E-state index contributed by atoms with van der Waals surface area (Å²) in [7, 11) is -16.2. The van der Waals surface area contributed by atoms with E-state index in [-0.39, 0.29) is 87.6 Å². The van der Waals surface area contributed by atoms with Crippen molar-refractivity contribution in [2.45, 2.75) is 285 Å². The Morgan fingerprint density at radius 2 is 1.52 bits per heavy atom. The maximum atomic E-state index is 13.4. The van der Waals surface area contributed by atoms with E-state index in [0.29, 0.717) is 62.7 Å². The van der Waals surface area contributed by atoms with E-state index in [9.17, 15) is 80.2 Å². The molecule has 7 aliphatic rings. The van der Waals surface area contributed by atoms with E-state index in [1.807, 2.05) is 26.0 Å². The molecule has 0 aromatic rings. The Bertz CT molecular complexity index is 3270. The van der Waals surface area contributed by atoms with E-state index in [2.05, 4.69) is 39.9 Å². The molecule has 31 nitrogen and oxygen atoms in total. The highest BCUT2D eigenvalue weighted by atomic mass is 32.3. The van der Waals surface area contributed by atoms with Gasteiger partial charge in [0.1, 0.15) is 55.4 Å². The Kier molecular flexibility index (Phi) is 30.4. The number of carbonyl (C=O) groups is 2. The molecule has 7 rings (SSSR count). The Morgan fingerprint density at radius 3 is 2.22 bits per heavy atom. The standard InChI is InChI=1S/C67H106O31S3/c1-39(16-11-10-14-30-87-56(73)19-13-9-12-18-48(68)58(75)54(97-100(81,82)83)34-50(70)61(98-101(84,85)86)51(71)38-90-99(78,79)80)37-88-63(76)64(8,77)36-47-22-23-55(72)67(93-47)35-40(2)32-53(94-67)41(3)20-21-46-25-27-65(92-46)28-26-52-62(95-65)57(74)45(7)60(91-52)49(69)33-43(5)59-42(4)24-29-66(96-59)44(6)17-15-31-89-66/h9-11,13,16,20-21,35,41-44,46-55,57-62,68-72,74-75,77H,7,12,14-15,17-19,22-34,36-38H2,1-6,8H3,(H,78,79,80)(H,81,82,83)(H,84,85,86). The highest BCUT2D eigenvalue weighted by Crippen LogP contribution is 2.49. The summed E-state index contributed by atoms with van der Waals surface area (Å²) in [5.41, 5.74) is -0.0775. The quantitative estimate of drug-likeness (QED) is 0.0142. The molecule has 0 aromatic heterocycles. The smallest absolute Gasteiger partial charge is 0.397 e. The lowest BCUT2D eigenvalue weighted by molar-refractivity contribution is -0.334. The van der Waals surface area contributed by atoms with Crippen molar-refractivity contribution in [2.75, 3.05) is 26.4 Å². The number of aliphatic hydroxyl groups is 8. The SMILES string of the molecule is C=C1C(O)C2OC3(CCC(C=CC(C)C4CC(C)=CC5(OC(CC(C)(O)C(=O)OCC(C)=CC=CCCOC(=O)CC=CCCC(O)C(O)C(CC(O)C(OS(=O)(=O)O)C(O)COS(=O)(=O)O)OS(=O)(=O)O)CCC5O)O4)O3)CCC2OC1C(O)CC(C)C1OC2(CCC1C)OCCCC2C. The van der Waals surface area contributed by atoms with E-state index in [1.54, 1.807) is 31.2 Å². The minimum Gasteiger partial charge on any atom is -0.465 e. The molecule has 7 aliphatic heterocycles. The molecule has 0 amide bonds. The zero-order chi connectivity index (χ0) is 74.6. The number of rotatable bonds is 34. The number of hydrogen-bond acceptors (Lipinski definition) is 28. The number of hydrogen-bond donors (Lipinski definition) is 11. The van der Waals surface area contributed by atoms with Gasteiger partial charge in [-0.3, -0.25) is 18.5 Å². The molecule has 24 unspecified atom stereocenters. The van der Waals surface area contributed by atoms with Crippen LogP contribution in [0.25, 0.3) is 0 Å². The lowest BCUT2D eigenvalue weighted by atomic mass is 9.78. The average Bonchev–Trinajstić information content (AvgIpc) is 1.75. The maximum absolute atomic E-state index is 13.4. The van der Waals surface area contributed by atoms with Gasteiger partial charge in [0.05, 0.1) is 75.1 Å². The molecule has 34 heteroatoms. The molecule has 0 aromatic carbocycles. The van der Waals surface area contributed by atoms with E-state index < -0.39 is 165 Å². The Labute approximate surface area is 591 Å². The predicted octanol–water partition coefficient (Wildman–Crippen LogP) is 4.11. The largest absolute Gasteiger partial charge is 0.465 e. The molecule has 0 saturated carbocycles. The zero-order valence-corrected chi connectivity index (χ0v) is 60.7.